The van der Waals surface area contributed by atoms with Gasteiger partial charge in [-0.25, -0.2) is 0 Å². The van der Waals surface area contributed by atoms with Crippen molar-refractivity contribution < 1.29 is 4.58 Å². The van der Waals surface area contributed by atoms with Gasteiger partial charge in [0.2, 0.25) is 0 Å². The molecule has 0 N–H and O–H groups in total. The van der Waals surface area contributed by atoms with Gasteiger partial charge in [-0.1, -0.05) is 13.0 Å². The molecule has 0 amide bonds. The van der Waals surface area contributed by atoms with Gasteiger partial charge in [-0.2, -0.15) is 0 Å². The van der Waals surface area contributed by atoms with E-state index in [1.54, 1.807) is 0 Å². The molecule has 2 aliphatic rings. The van der Waals surface area contributed by atoms with Gasteiger partial charge in [0.15, 0.2) is 0 Å². The lowest BCUT2D eigenvalue weighted by atomic mass is 9.97. The summed E-state index contributed by atoms with van der Waals surface area (Å²) in [6.07, 6.45) is 4.95. The van der Waals surface area contributed by atoms with E-state index in [2.05, 4.69) is 29.4 Å². The van der Waals surface area contributed by atoms with Crippen molar-refractivity contribution in [1.82, 2.24) is 4.90 Å². The van der Waals surface area contributed by atoms with E-state index >= 15 is 0 Å². The van der Waals surface area contributed by atoms with E-state index < -0.39 is 0 Å². The third-order valence-electron chi connectivity index (χ3n) is 2.28. The van der Waals surface area contributed by atoms with Crippen LogP contribution in [0, 0.1) is 12.5 Å². The van der Waals surface area contributed by atoms with E-state index in [4.69, 9.17) is 0 Å². The first kappa shape index (κ1) is 6.08. The van der Waals surface area contributed by atoms with Gasteiger partial charge in [0.25, 0.3) is 0 Å². The van der Waals surface area contributed by atoms with Crippen molar-refractivity contribution in [2.45, 2.75) is 12.8 Å². The second kappa shape index (κ2) is 2.19. The van der Waals surface area contributed by atoms with Crippen LogP contribution in [0.3, 0.4) is 0 Å². The van der Waals surface area contributed by atoms with Crippen LogP contribution in [0.4, 0.5) is 0 Å². The Morgan fingerprint density at radius 3 is 3.40 bits per heavy atom. The number of rotatable bonds is 0. The van der Waals surface area contributed by atoms with E-state index in [-0.39, 0.29) is 0 Å². The molecule has 2 heterocycles. The van der Waals surface area contributed by atoms with Gasteiger partial charge in [-0.3, -0.25) is 0 Å². The molecule has 0 radical (unpaired) electrons. The molecule has 0 spiro atoms. The fraction of sp³-hybridized carbons (Fsp3) is 0.750. The van der Waals surface area contributed by atoms with Gasteiger partial charge < -0.3 is 9.48 Å². The van der Waals surface area contributed by atoms with E-state index in [0.717, 1.165) is 5.92 Å². The fourth-order valence-corrected chi connectivity index (χ4v) is 1.90. The number of nitrogens with zero attached hydrogens (tertiary/aromatic N) is 2. The third-order valence-corrected chi connectivity index (χ3v) is 2.28. The first-order valence-electron chi connectivity index (χ1n) is 4.00. The van der Waals surface area contributed by atoms with Crippen LogP contribution < -0.4 is 0 Å². The third kappa shape index (κ3) is 0.981. The van der Waals surface area contributed by atoms with Crippen LogP contribution in [0.15, 0.2) is 0 Å². The Morgan fingerprint density at radius 2 is 2.60 bits per heavy atom. The van der Waals surface area contributed by atoms with E-state index in [1.807, 2.05) is 0 Å². The Hall–Kier alpha value is -0.660. The minimum Gasteiger partial charge on any atom is -0.403 e. The number of fused-ring (bicyclic) bond motifs is 2. The normalized spacial score (nSPS) is 31.1. The summed E-state index contributed by atoms with van der Waals surface area (Å²) in [5, 5.41) is 0. The standard InChI is InChI=1S/C8H14N2/c1-9-5-8-3-2-4-10(6-8)7-9/h5,7-8H,2-4,6H2,1H3. The zero-order valence-corrected chi connectivity index (χ0v) is 6.45. The maximum Gasteiger partial charge on any atom is 0.0926 e. The van der Waals surface area contributed by atoms with Crippen LogP contribution in [0.5, 0.6) is 0 Å². The summed E-state index contributed by atoms with van der Waals surface area (Å²) in [6.45, 7) is 4.84. The van der Waals surface area contributed by atoms with Crippen molar-refractivity contribution in [2.75, 3.05) is 20.1 Å². The van der Waals surface area contributed by atoms with Gasteiger partial charge in [0.1, 0.15) is 0 Å². The van der Waals surface area contributed by atoms with Crippen LogP contribution in [0.2, 0.25) is 0 Å². The van der Waals surface area contributed by atoms with Gasteiger partial charge in [0, 0.05) is 7.05 Å². The Kier molecular flexibility index (Phi) is 1.33. The quantitative estimate of drug-likeness (QED) is 0.350. The molecule has 2 aliphatic heterocycles. The predicted molar refractivity (Wildman–Crippen MR) is 40.8 cm³/mol. The van der Waals surface area contributed by atoms with Crippen molar-refractivity contribution in [2.24, 2.45) is 5.92 Å². The lowest BCUT2D eigenvalue weighted by molar-refractivity contribution is -0.470. The van der Waals surface area contributed by atoms with E-state index in [9.17, 15) is 0 Å². The highest BCUT2D eigenvalue weighted by Crippen LogP contribution is 2.20. The van der Waals surface area contributed by atoms with E-state index in [1.165, 1.54) is 25.9 Å². The second-order valence-corrected chi connectivity index (χ2v) is 3.33. The number of hydrogen-bond donors (Lipinski definition) is 0. The largest absolute Gasteiger partial charge is 0.403 e. The molecule has 1 fully saturated rings. The highest BCUT2D eigenvalue weighted by atomic mass is 15.2. The Labute approximate surface area is 62.1 Å². The molecular weight excluding hydrogens is 124 g/mol. The van der Waals surface area contributed by atoms with Crippen LogP contribution in [0.1, 0.15) is 12.8 Å². The molecule has 2 bridgehead atoms. The molecule has 1 unspecified atom stereocenters. The van der Waals surface area contributed by atoms with Gasteiger partial charge in [-0.05, 0) is 12.3 Å². The van der Waals surface area contributed by atoms with Crippen molar-refractivity contribution in [3.8, 4) is 0 Å². The van der Waals surface area contributed by atoms with E-state index in [0.29, 0.717) is 0 Å². The highest BCUT2D eigenvalue weighted by molar-refractivity contribution is 5.50. The average Bonchev–Trinajstić information content (AvgIpc) is 1.85. The van der Waals surface area contributed by atoms with Crippen LogP contribution in [-0.4, -0.2) is 36.0 Å². The molecule has 2 nitrogen and oxygen atoms in total. The Morgan fingerprint density at radius 1 is 1.70 bits per heavy atom. The summed E-state index contributed by atoms with van der Waals surface area (Å²) < 4.78 is 2.19. The minimum absolute atomic E-state index is 0.823. The molecule has 0 aliphatic carbocycles. The number of hydrogen-bond acceptors (Lipinski definition) is 1. The molecular formula is C8H14N2. The molecule has 56 valence electrons. The molecule has 2 heteroatoms. The van der Waals surface area contributed by atoms with Crippen molar-refractivity contribution in [1.29, 1.82) is 0 Å². The molecule has 10 heavy (non-hydrogen) atoms. The summed E-state index contributed by atoms with van der Waals surface area (Å²) in [4.78, 5) is 2.41. The molecule has 0 aromatic heterocycles. The summed E-state index contributed by atoms with van der Waals surface area (Å²) >= 11 is 0. The summed E-state index contributed by atoms with van der Waals surface area (Å²) in [6, 6.07) is 0. The molecule has 1 atom stereocenters. The number of piperidine rings is 1. The molecule has 0 saturated carbocycles. The topological polar surface area (TPSA) is 6.25 Å². The van der Waals surface area contributed by atoms with Crippen LogP contribution >= 0.6 is 0 Å². The molecule has 0 aromatic carbocycles. The fourth-order valence-electron chi connectivity index (χ4n) is 1.90. The monoisotopic (exact) mass is 138 g/mol. The highest BCUT2D eigenvalue weighted by Gasteiger charge is 2.21. The van der Waals surface area contributed by atoms with Gasteiger partial charge in [0.05, 0.1) is 19.4 Å². The minimum atomic E-state index is 0.823. The van der Waals surface area contributed by atoms with Crippen LogP contribution in [-0.2, 0) is 0 Å². The zero-order chi connectivity index (χ0) is 6.97. The molecule has 0 aromatic rings. The summed E-state index contributed by atoms with van der Waals surface area (Å²) in [5.41, 5.74) is 0. The Balaban J connectivity index is 2.14. The molecule has 1 saturated heterocycles. The first-order valence-corrected chi connectivity index (χ1v) is 4.00. The smallest absolute Gasteiger partial charge is 0.0926 e. The summed E-state index contributed by atoms with van der Waals surface area (Å²) in [5.74, 6) is 0.823. The molecule has 2 rings (SSSR count). The first-order chi connectivity index (χ1) is 4.84. The SMILES string of the molecule is C[N+]1=CN2CCCC([CH-]1)C2. The van der Waals surface area contributed by atoms with Crippen molar-refractivity contribution in [3.05, 3.63) is 6.54 Å². The second-order valence-electron chi connectivity index (χ2n) is 3.33. The summed E-state index contributed by atoms with van der Waals surface area (Å²) in [7, 11) is 2.12. The van der Waals surface area contributed by atoms with Gasteiger partial charge in [-0.15, -0.1) is 0 Å². The maximum absolute atomic E-state index is 2.41. The average molecular weight is 138 g/mol. The Bertz CT molecular complexity index is 163. The lowest BCUT2D eigenvalue weighted by Crippen LogP contribution is -2.42. The predicted octanol–water partition coefficient (Wildman–Crippen LogP) is 0.544. The van der Waals surface area contributed by atoms with Crippen molar-refractivity contribution in [3.63, 3.8) is 0 Å². The van der Waals surface area contributed by atoms with Crippen LogP contribution in [0.25, 0.3) is 0 Å². The lowest BCUT2D eigenvalue weighted by Gasteiger charge is -2.37. The van der Waals surface area contributed by atoms with Gasteiger partial charge >= 0.3 is 0 Å². The zero-order valence-electron chi connectivity index (χ0n) is 6.45. The van der Waals surface area contributed by atoms with Crippen molar-refractivity contribution >= 4 is 6.34 Å². The maximum atomic E-state index is 2.41.